The molecule has 3 rings (SSSR count). The Balaban J connectivity index is 1.80. The number of nitrogens with one attached hydrogen (secondary N) is 1. The molecule has 1 aromatic rings. The molecule has 1 aromatic carbocycles. The molecule has 2 fully saturated rings. The highest BCUT2D eigenvalue weighted by Gasteiger charge is 2.44. The summed E-state index contributed by atoms with van der Waals surface area (Å²) < 4.78 is 5.26. The van der Waals surface area contributed by atoms with E-state index >= 15 is 0 Å². The second-order valence-corrected chi connectivity index (χ2v) is 6.83. The molecule has 0 radical (unpaired) electrons. The zero-order chi connectivity index (χ0) is 16.4. The van der Waals surface area contributed by atoms with Crippen LogP contribution in [-0.2, 0) is 14.9 Å². The summed E-state index contributed by atoms with van der Waals surface area (Å²) in [5.74, 6) is -0.0689. The molecule has 1 saturated heterocycles. The Morgan fingerprint density at radius 1 is 1.17 bits per heavy atom. The average Bonchev–Trinajstić information content (AvgIpc) is 3.03. The Morgan fingerprint density at radius 3 is 2.48 bits per heavy atom. The third kappa shape index (κ3) is 3.13. The highest BCUT2D eigenvalue weighted by Crippen LogP contribution is 2.41. The maximum Gasteiger partial charge on any atom is 0.231 e. The van der Waals surface area contributed by atoms with E-state index in [0.29, 0.717) is 0 Å². The fraction of sp³-hybridized carbons (Fsp3) is 0.611. The van der Waals surface area contributed by atoms with E-state index in [-0.39, 0.29) is 19.1 Å². The van der Waals surface area contributed by atoms with Gasteiger partial charge >= 0.3 is 0 Å². The van der Waals surface area contributed by atoms with Crippen molar-refractivity contribution in [2.75, 3.05) is 13.2 Å². The lowest BCUT2D eigenvalue weighted by atomic mass is 9.77. The van der Waals surface area contributed by atoms with Gasteiger partial charge in [-0.15, -0.1) is 0 Å². The summed E-state index contributed by atoms with van der Waals surface area (Å²) >= 11 is 0. The van der Waals surface area contributed by atoms with Crippen molar-refractivity contribution >= 4 is 5.91 Å². The highest BCUT2D eigenvalue weighted by molar-refractivity contribution is 5.89. The monoisotopic (exact) mass is 319 g/mol. The number of hydrogen-bond donors (Lipinski definition) is 3. The van der Waals surface area contributed by atoms with Crippen LogP contribution >= 0.6 is 0 Å². The normalized spacial score (nSPS) is 30.1. The highest BCUT2D eigenvalue weighted by atomic mass is 16.5. The minimum atomic E-state index is -0.982. The zero-order valence-corrected chi connectivity index (χ0v) is 13.5. The van der Waals surface area contributed by atoms with E-state index in [1.54, 1.807) is 0 Å². The minimum Gasteiger partial charge on any atom is -0.388 e. The summed E-state index contributed by atoms with van der Waals surface area (Å²) in [5.41, 5.74) is 1.67. The minimum absolute atomic E-state index is 0.0689. The van der Waals surface area contributed by atoms with Gasteiger partial charge in [0.2, 0.25) is 5.91 Å². The molecule has 2 aliphatic rings. The molecule has 1 heterocycles. The number of benzene rings is 1. The molecule has 1 aliphatic heterocycles. The molecule has 23 heavy (non-hydrogen) atoms. The summed E-state index contributed by atoms with van der Waals surface area (Å²) in [6.45, 7) is 2.37. The predicted octanol–water partition coefficient (Wildman–Crippen LogP) is 1.04. The van der Waals surface area contributed by atoms with Crippen LogP contribution in [0.25, 0.3) is 0 Å². The first kappa shape index (κ1) is 16.4. The molecule has 126 valence electrons. The number of aliphatic hydroxyl groups excluding tert-OH is 2. The number of hydrogen-bond acceptors (Lipinski definition) is 4. The predicted molar refractivity (Wildman–Crippen MR) is 86.1 cm³/mol. The average molecular weight is 319 g/mol. The van der Waals surface area contributed by atoms with E-state index < -0.39 is 23.7 Å². The van der Waals surface area contributed by atoms with Gasteiger partial charge in [0, 0.05) is 0 Å². The Hall–Kier alpha value is -1.43. The number of carbonyl (C=O) groups excluding carboxylic acids is 1. The van der Waals surface area contributed by atoms with Crippen molar-refractivity contribution in [2.24, 2.45) is 0 Å². The number of aryl methyl sites for hydroxylation is 1. The first-order chi connectivity index (χ1) is 11.0. The number of amides is 1. The van der Waals surface area contributed by atoms with Crippen LogP contribution in [0.5, 0.6) is 0 Å². The van der Waals surface area contributed by atoms with Crippen LogP contribution in [0, 0.1) is 6.92 Å². The standard InChI is InChI=1S/C18H25NO4/c1-12-4-6-13(7-5-12)18(8-2-3-9-18)17(22)19-14-10-23-11-15(20)16(14)21/h4-7,14-16,20-21H,2-3,8-11H2,1H3,(H,19,22)/t14-,15-,16+/m1/s1. The first-order valence-electron chi connectivity index (χ1n) is 8.35. The first-order valence-corrected chi connectivity index (χ1v) is 8.35. The van der Waals surface area contributed by atoms with E-state index in [2.05, 4.69) is 5.32 Å². The van der Waals surface area contributed by atoms with Crippen LogP contribution in [0.3, 0.4) is 0 Å². The lowest BCUT2D eigenvalue weighted by Crippen LogP contribution is -2.58. The van der Waals surface area contributed by atoms with Gasteiger partial charge in [0.15, 0.2) is 0 Å². The molecular weight excluding hydrogens is 294 g/mol. The van der Waals surface area contributed by atoms with E-state index in [9.17, 15) is 15.0 Å². The molecular formula is C18H25NO4. The van der Waals surface area contributed by atoms with Gasteiger partial charge in [-0.05, 0) is 25.3 Å². The Labute approximate surface area is 136 Å². The van der Waals surface area contributed by atoms with Gasteiger partial charge in [0.05, 0.1) is 24.7 Å². The molecule has 1 aliphatic carbocycles. The van der Waals surface area contributed by atoms with Crippen LogP contribution in [-0.4, -0.2) is 47.6 Å². The van der Waals surface area contributed by atoms with E-state index in [0.717, 1.165) is 31.2 Å². The fourth-order valence-corrected chi connectivity index (χ4v) is 3.71. The molecule has 5 heteroatoms. The zero-order valence-electron chi connectivity index (χ0n) is 13.5. The SMILES string of the molecule is Cc1ccc(C2(C(=O)N[C@@H]3COC[C@@H](O)[C@H]3O)CCCC2)cc1. The van der Waals surface area contributed by atoms with Crippen molar-refractivity contribution < 1.29 is 19.7 Å². The molecule has 0 bridgehead atoms. The Morgan fingerprint density at radius 2 is 1.83 bits per heavy atom. The van der Waals surface area contributed by atoms with Crippen molar-refractivity contribution in [1.29, 1.82) is 0 Å². The van der Waals surface area contributed by atoms with Gasteiger partial charge < -0.3 is 20.3 Å². The molecule has 3 N–H and O–H groups in total. The molecule has 0 unspecified atom stereocenters. The van der Waals surface area contributed by atoms with Gasteiger partial charge in [-0.1, -0.05) is 42.7 Å². The van der Waals surface area contributed by atoms with Crippen molar-refractivity contribution in [3.63, 3.8) is 0 Å². The third-order valence-corrected chi connectivity index (χ3v) is 5.20. The van der Waals surface area contributed by atoms with Crippen LogP contribution in [0.15, 0.2) is 24.3 Å². The maximum absolute atomic E-state index is 13.0. The van der Waals surface area contributed by atoms with Crippen molar-refractivity contribution in [3.8, 4) is 0 Å². The van der Waals surface area contributed by atoms with Crippen molar-refractivity contribution in [1.82, 2.24) is 5.32 Å². The van der Waals surface area contributed by atoms with E-state index in [4.69, 9.17) is 4.74 Å². The summed E-state index contributed by atoms with van der Waals surface area (Å²) in [6, 6.07) is 7.57. The van der Waals surface area contributed by atoms with E-state index in [1.165, 1.54) is 5.56 Å². The summed E-state index contributed by atoms with van der Waals surface area (Å²) in [4.78, 5) is 13.0. The van der Waals surface area contributed by atoms with Crippen molar-refractivity contribution in [2.45, 2.75) is 56.3 Å². The number of carbonyl (C=O) groups is 1. The van der Waals surface area contributed by atoms with Crippen molar-refractivity contribution in [3.05, 3.63) is 35.4 Å². The van der Waals surface area contributed by atoms with Gasteiger partial charge in [0.25, 0.3) is 0 Å². The molecule has 1 amide bonds. The summed E-state index contributed by atoms with van der Waals surface area (Å²) in [7, 11) is 0. The topological polar surface area (TPSA) is 78.8 Å². The molecule has 5 nitrogen and oxygen atoms in total. The van der Waals surface area contributed by atoms with Crippen LogP contribution in [0.2, 0.25) is 0 Å². The number of aliphatic hydroxyl groups is 2. The fourth-order valence-electron chi connectivity index (χ4n) is 3.71. The Kier molecular flexibility index (Phi) is 4.71. The third-order valence-electron chi connectivity index (χ3n) is 5.20. The van der Waals surface area contributed by atoms with Crippen LogP contribution in [0.1, 0.15) is 36.8 Å². The lowest BCUT2D eigenvalue weighted by molar-refractivity contribution is -0.136. The largest absolute Gasteiger partial charge is 0.388 e. The molecule has 1 saturated carbocycles. The molecule has 3 atom stereocenters. The molecule has 0 spiro atoms. The number of ether oxygens (including phenoxy) is 1. The van der Waals surface area contributed by atoms with Gasteiger partial charge in [-0.25, -0.2) is 0 Å². The van der Waals surface area contributed by atoms with Gasteiger partial charge in [-0.2, -0.15) is 0 Å². The van der Waals surface area contributed by atoms with Gasteiger partial charge in [0.1, 0.15) is 12.2 Å². The van der Waals surface area contributed by atoms with Crippen LogP contribution < -0.4 is 5.32 Å². The second kappa shape index (κ2) is 6.59. The number of rotatable bonds is 3. The van der Waals surface area contributed by atoms with Crippen LogP contribution in [0.4, 0.5) is 0 Å². The molecule has 0 aromatic heterocycles. The van der Waals surface area contributed by atoms with Gasteiger partial charge in [-0.3, -0.25) is 4.79 Å². The maximum atomic E-state index is 13.0. The smallest absolute Gasteiger partial charge is 0.231 e. The quantitative estimate of drug-likeness (QED) is 0.778. The lowest BCUT2D eigenvalue weighted by Gasteiger charge is -2.36. The summed E-state index contributed by atoms with van der Waals surface area (Å²) in [5, 5.41) is 22.7. The van der Waals surface area contributed by atoms with E-state index in [1.807, 2.05) is 31.2 Å². The Bertz CT molecular complexity index is 551. The summed E-state index contributed by atoms with van der Waals surface area (Å²) in [6.07, 6.45) is 1.74. The second-order valence-electron chi connectivity index (χ2n) is 6.83.